The van der Waals surface area contributed by atoms with E-state index in [1.807, 2.05) is 0 Å². The van der Waals surface area contributed by atoms with Crippen LogP contribution in [0.3, 0.4) is 0 Å². The van der Waals surface area contributed by atoms with E-state index in [0.29, 0.717) is 11.4 Å². The van der Waals surface area contributed by atoms with Gasteiger partial charge in [0.25, 0.3) is 5.91 Å². The highest BCUT2D eigenvalue weighted by atomic mass is 19.1. The number of hydrogen-bond donors (Lipinski definition) is 2. The van der Waals surface area contributed by atoms with Crippen LogP contribution >= 0.6 is 0 Å². The topological polar surface area (TPSA) is 76.0 Å². The zero-order valence-corrected chi connectivity index (χ0v) is 14.1. The summed E-state index contributed by atoms with van der Waals surface area (Å²) < 4.78 is 15.0. The van der Waals surface area contributed by atoms with E-state index in [1.54, 1.807) is 25.2 Å². The summed E-state index contributed by atoms with van der Waals surface area (Å²) in [6.07, 6.45) is 3.96. The van der Waals surface area contributed by atoms with Gasteiger partial charge >= 0.3 is 0 Å². The van der Waals surface area contributed by atoms with Gasteiger partial charge in [-0.2, -0.15) is 5.10 Å². The van der Waals surface area contributed by atoms with Crippen LogP contribution in [0, 0.1) is 11.7 Å². The molecular formula is C18H21FN4O2. The van der Waals surface area contributed by atoms with Gasteiger partial charge in [-0.25, -0.2) is 4.39 Å². The van der Waals surface area contributed by atoms with Gasteiger partial charge in [0, 0.05) is 31.1 Å². The lowest BCUT2D eigenvalue weighted by molar-refractivity contribution is -0.119. The third kappa shape index (κ3) is 4.04. The van der Waals surface area contributed by atoms with Crippen LogP contribution in [0.5, 0.6) is 0 Å². The quantitative estimate of drug-likeness (QED) is 0.875. The molecule has 3 rings (SSSR count). The standard InChI is InChI=1S/C18H21FN4O2/c1-23-16(21-17(24)12-6-2-3-7-12)10-15(22-23)18(25)20-11-13-8-4-5-9-14(13)19/h4-5,8-10,12H,2-3,6-7,11H2,1H3,(H,20,25)(H,21,24). The molecular weight excluding hydrogens is 323 g/mol. The average Bonchev–Trinajstić information content (AvgIpc) is 3.24. The summed E-state index contributed by atoms with van der Waals surface area (Å²) in [5.74, 6) is -0.298. The van der Waals surface area contributed by atoms with Crippen molar-refractivity contribution in [3.63, 3.8) is 0 Å². The second-order valence-corrected chi connectivity index (χ2v) is 6.28. The highest BCUT2D eigenvalue weighted by molar-refractivity contribution is 5.96. The van der Waals surface area contributed by atoms with Crippen molar-refractivity contribution in [1.82, 2.24) is 15.1 Å². The number of amides is 2. The molecule has 25 heavy (non-hydrogen) atoms. The Bertz CT molecular complexity index is 781. The summed E-state index contributed by atoms with van der Waals surface area (Å²) in [5, 5.41) is 9.59. The maximum absolute atomic E-state index is 13.6. The number of rotatable bonds is 5. The van der Waals surface area contributed by atoms with Gasteiger partial charge < -0.3 is 10.6 Å². The number of nitrogens with zero attached hydrogens (tertiary/aromatic N) is 2. The monoisotopic (exact) mass is 344 g/mol. The van der Waals surface area contributed by atoms with Crippen LogP contribution in [0.2, 0.25) is 0 Å². The molecule has 0 radical (unpaired) electrons. The Labute approximate surface area is 145 Å². The van der Waals surface area contributed by atoms with Gasteiger partial charge in [0.05, 0.1) is 0 Å². The first-order valence-corrected chi connectivity index (χ1v) is 8.41. The van der Waals surface area contributed by atoms with E-state index in [0.717, 1.165) is 25.7 Å². The summed E-state index contributed by atoms with van der Waals surface area (Å²) in [5.41, 5.74) is 0.585. The van der Waals surface area contributed by atoms with Crippen molar-refractivity contribution in [1.29, 1.82) is 0 Å². The molecule has 0 atom stereocenters. The molecule has 1 aromatic carbocycles. The Hall–Kier alpha value is -2.70. The number of hydrogen-bond acceptors (Lipinski definition) is 3. The van der Waals surface area contributed by atoms with Gasteiger partial charge in [-0.15, -0.1) is 0 Å². The minimum atomic E-state index is -0.416. The number of halogens is 1. The van der Waals surface area contributed by atoms with Gasteiger partial charge in [-0.05, 0) is 18.9 Å². The van der Waals surface area contributed by atoms with Crippen LogP contribution in [0.1, 0.15) is 41.7 Å². The fourth-order valence-electron chi connectivity index (χ4n) is 3.02. The molecule has 1 aliphatic rings. The van der Waals surface area contributed by atoms with Crippen LogP contribution in [0.25, 0.3) is 0 Å². The van der Waals surface area contributed by atoms with Gasteiger partial charge in [0.2, 0.25) is 5.91 Å². The van der Waals surface area contributed by atoms with E-state index in [1.165, 1.54) is 16.8 Å². The first-order valence-electron chi connectivity index (χ1n) is 8.41. The van der Waals surface area contributed by atoms with Gasteiger partial charge in [-0.1, -0.05) is 31.0 Å². The van der Waals surface area contributed by atoms with Crippen molar-refractivity contribution >= 4 is 17.6 Å². The Kier molecular flexibility index (Phi) is 5.11. The molecule has 2 aromatic rings. The molecule has 1 aliphatic carbocycles. The summed E-state index contributed by atoms with van der Waals surface area (Å²) in [6.45, 7) is 0.0752. The second kappa shape index (κ2) is 7.46. The minimum Gasteiger partial charge on any atom is -0.346 e. The molecule has 0 unspecified atom stereocenters. The molecule has 2 amide bonds. The van der Waals surface area contributed by atoms with Crippen LogP contribution in [-0.2, 0) is 18.4 Å². The molecule has 1 heterocycles. The maximum atomic E-state index is 13.6. The Morgan fingerprint density at radius 1 is 1.28 bits per heavy atom. The molecule has 0 bridgehead atoms. The van der Waals surface area contributed by atoms with Crippen molar-refractivity contribution in [2.75, 3.05) is 5.32 Å². The lowest BCUT2D eigenvalue weighted by Gasteiger charge is -2.09. The molecule has 1 aromatic heterocycles. The minimum absolute atomic E-state index is 0.0289. The number of aryl methyl sites for hydroxylation is 1. The third-order valence-electron chi connectivity index (χ3n) is 4.49. The summed E-state index contributed by atoms with van der Waals surface area (Å²) in [4.78, 5) is 24.4. The molecule has 0 saturated heterocycles. The van der Waals surface area contributed by atoms with Crippen LogP contribution in [0.4, 0.5) is 10.2 Å². The number of anilines is 1. The largest absolute Gasteiger partial charge is 0.346 e. The van der Waals surface area contributed by atoms with E-state index in [2.05, 4.69) is 15.7 Å². The van der Waals surface area contributed by atoms with Crippen LogP contribution < -0.4 is 10.6 Å². The smallest absolute Gasteiger partial charge is 0.272 e. The lowest BCUT2D eigenvalue weighted by atomic mass is 10.1. The van der Waals surface area contributed by atoms with Gasteiger partial charge in [0.1, 0.15) is 11.6 Å². The zero-order valence-electron chi connectivity index (χ0n) is 14.1. The van der Waals surface area contributed by atoms with Gasteiger partial charge in [0.15, 0.2) is 5.69 Å². The second-order valence-electron chi connectivity index (χ2n) is 6.28. The van der Waals surface area contributed by atoms with Gasteiger partial charge in [-0.3, -0.25) is 14.3 Å². The average molecular weight is 344 g/mol. The molecule has 132 valence electrons. The molecule has 7 heteroatoms. The first kappa shape index (κ1) is 17.1. The van der Waals surface area contributed by atoms with Crippen molar-refractivity contribution in [2.24, 2.45) is 13.0 Å². The summed E-state index contributed by atoms with van der Waals surface area (Å²) in [6, 6.07) is 7.80. The molecule has 2 N–H and O–H groups in total. The van der Waals surface area contributed by atoms with E-state index in [4.69, 9.17) is 0 Å². The maximum Gasteiger partial charge on any atom is 0.272 e. The van der Waals surface area contributed by atoms with E-state index >= 15 is 0 Å². The molecule has 0 spiro atoms. The Balaban J connectivity index is 1.62. The Morgan fingerprint density at radius 2 is 2.00 bits per heavy atom. The predicted molar refractivity (Wildman–Crippen MR) is 91.4 cm³/mol. The first-order chi connectivity index (χ1) is 12.0. The Morgan fingerprint density at radius 3 is 2.72 bits per heavy atom. The predicted octanol–water partition coefficient (Wildman–Crippen LogP) is 2.62. The molecule has 6 nitrogen and oxygen atoms in total. The van der Waals surface area contributed by atoms with Crippen molar-refractivity contribution < 1.29 is 14.0 Å². The number of benzene rings is 1. The van der Waals surface area contributed by atoms with Crippen molar-refractivity contribution in [3.8, 4) is 0 Å². The number of carbonyl (C=O) groups is 2. The number of nitrogens with one attached hydrogen (secondary N) is 2. The lowest BCUT2D eigenvalue weighted by Crippen LogP contribution is -2.23. The van der Waals surface area contributed by atoms with E-state index in [-0.39, 0.29) is 29.9 Å². The SMILES string of the molecule is Cn1nc(C(=O)NCc2ccccc2F)cc1NC(=O)C1CCCC1. The highest BCUT2D eigenvalue weighted by Gasteiger charge is 2.24. The van der Waals surface area contributed by atoms with Crippen molar-refractivity contribution in [3.05, 3.63) is 47.4 Å². The third-order valence-corrected chi connectivity index (χ3v) is 4.49. The fraction of sp³-hybridized carbons (Fsp3) is 0.389. The van der Waals surface area contributed by atoms with E-state index < -0.39 is 5.91 Å². The summed E-state index contributed by atoms with van der Waals surface area (Å²) >= 11 is 0. The molecule has 1 saturated carbocycles. The summed E-state index contributed by atoms with van der Waals surface area (Å²) in [7, 11) is 1.66. The zero-order chi connectivity index (χ0) is 17.8. The van der Waals surface area contributed by atoms with Crippen LogP contribution in [-0.4, -0.2) is 21.6 Å². The molecule has 0 aliphatic heterocycles. The van der Waals surface area contributed by atoms with Crippen LogP contribution in [0.15, 0.2) is 30.3 Å². The van der Waals surface area contributed by atoms with Crippen molar-refractivity contribution in [2.45, 2.75) is 32.2 Å². The molecule has 1 fully saturated rings. The normalized spacial score (nSPS) is 14.5. The number of carbonyl (C=O) groups excluding carboxylic acids is 2. The number of aromatic nitrogens is 2. The van der Waals surface area contributed by atoms with E-state index in [9.17, 15) is 14.0 Å². The fourth-order valence-corrected chi connectivity index (χ4v) is 3.02. The highest BCUT2D eigenvalue weighted by Crippen LogP contribution is 2.26.